The van der Waals surface area contributed by atoms with Crippen molar-refractivity contribution >= 4 is 23.4 Å². The summed E-state index contributed by atoms with van der Waals surface area (Å²) in [5.41, 5.74) is 0.555. The van der Waals surface area contributed by atoms with Crippen molar-refractivity contribution < 1.29 is 23.5 Å². The predicted octanol–water partition coefficient (Wildman–Crippen LogP) is 0.773. The molecule has 0 unspecified atom stereocenters. The molecular formula is C16H17N3O5. The van der Waals surface area contributed by atoms with Crippen LogP contribution in [0.25, 0.3) is 0 Å². The lowest BCUT2D eigenvalue weighted by Crippen LogP contribution is -2.40. The van der Waals surface area contributed by atoms with Crippen molar-refractivity contribution in [1.29, 1.82) is 0 Å². The Hall–Kier alpha value is -3.29. The van der Waals surface area contributed by atoms with Gasteiger partial charge in [0.05, 0.1) is 26.5 Å². The molecular weight excluding hydrogens is 314 g/mol. The molecule has 0 radical (unpaired) electrons. The minimum atomic E-state index is -0.504. The number of benzene rings is 1. The van der Waals surface area contributed by atoms with Crippen LogP contribution in [0.2, 0.25) is 0 Å². The second kappa shape index (κ2) is 8.37. The molecule has 0 saturated carbocycles. The summed E-state index contributed by atoms with van der Waals surface area (Å²) in [6, 6.07) is 9.89. The summed E-state index contributed by atoms with van der Waals surface area (Å²) in [7, 11) is 1.53. The zero-order valence-corrected chi connectivity index (χ0v) is 13.0. The first-order valence-corrected chi connectivity index (χ1v) is 7.11. The van der Waals surface area contributed by atoms with Gasteiger partial charge in [-0.1, -0.05) is 6.07 Å². The molecule has 8 heteroatoms. The van der Waals surface area contributed by atoms with Crippen molar-refractivity contribution in [3.05, 3.63) is 48.4 Å². The molecule has 0 bridgehead atoms. The Kier molecular flexibility index (Phi) is 5.95. The van der Waals surface area contributed by atoms with Crippen molar-refractivity contribution in [3.8, 4) is 5.75 Å². The third-order valence-corrected chi connectivity index (χ3v) is 2.95. The van der Waals surface area contributed by atoms with Crippen LogP contribution in [0.4, 0.5) is 5.69 Å². The fourth-order valence-corrected chi connectivity index (χ4v) is 1.80. The Balaban J connectivity index is 1.71. The first-order chi connectivity index (χ1) is 11.6. The number of amides is 3. The lowest BCUT2D eigenvalue weighted by Gasteiger charge is -2.08. The monoisotopic (exact) mass is 331 g/mol. The van der Waals surface area contributed by atoms with Crippen LogP contribution in [-0.2, 0) is 9.59 Å². The summed E-state index contributed by atoms with van der Waals surface area (Å²) >= 11 is 0. The molecule has 0 fully saturated rings. The summed E-state index contributed by atoms with van der Waals surface area (Å²) in [6.07, 6.45) is 1.36. The number of hydrogen-bond donors (Lipinski definition) is 3. The summed E-state index contributed by atoms with van der Waals surface area (Å²) in [5.74, 6) is -0.670. The smallest absolute Gasteiger partial charge is 0.287 e. The van der Waals surface area contributed by atoms with Crippen LogP contribution in [-0.4, -0.2) is 37.9 Å². The highest BCUT2D eigenvalue weighted by molar-refractivity contribution is 5.96. The minimum absolute atomic E-state index is 0.110. The predicted molar refractivity (Wildman–Crippen MR) is 85.7 cm³/mol. The molecule has 0 spiro atoms. The number of carbonyl (C=O) groups excluding carboxylic acids is 3. The largest absolute Gasteiger partial charge is 0.497 e. The van der Waals surface area contributed by atoms with Gasteiger partial charge in [0.15, 0.2) is 5.76 Å². The summed E-state index contributed by atoms with van der Waals surface area (Å²) in [4.78, 5) is 35.0. The zero-order valence-electron chi connectivity index (χ0n) is 13.0. The van der Waals surface area contributed by atoms with Crippen LogP contribution < -0.4 is 20.7 Å². The number of furan rings is 1. The molecule has 8 nitrogen and oxygen atoms in total. The summed E-state index contributed by atoms with van der Waals surface area (Å²) in [6.45, 7) is -0.474. The van der Waals surface area contributed by atoms with Crippen molar-refractivity contribution in [2.75, 3.05) is 25.5 Å². The van der Waals surface area contributed by atoms with Gasteiger partial charge in [-0.25, -0.2) is 0 Å². The van der Waals surface area contributed by atoms with E-state index in [0.29, 0.717) is 11.4 Å². The number of carbonyl (C=O) groups is 3. The van der Waals surface area contributed by atoms with Gasteiger partial charge in [-0.3, -0.25) is 14.4 Å². The standard InChI is InChI=1S/C16H17N3O5/c1-23-12-5-2-4-11(8-12)19-15(21)10-17-14(20)9-18-16(22)13-6-3-7-24-13/h2-8H,9-10H2,1H3,(H,17,20)(H,18,22)(H,19,21). The molecule has 0 aliphatic rings. The lowest BCUT2D eigenvalue weighted by molar-refractivity contribution is -0.123. The number of ether oxygens (including phenoxy) is 1. The molecule has 2 rings (SSSR count). The van der Waals surface area contributed by atoms with Gasteiger partial charge in [-0.15, -0.1) is 0 Å². The van der Waals surface area contributed by atoms with Gasteiger partial charge in [-0.05, 0) is 24.3 Å². The molecule has 0 saturated heterocycles. The number of rotatable bonds is 7. The van der Waals surface area contributed by atoms with Gasteiger partial charge in [0.25, 0.3) is 5.91 Å². The van der Waals surface area contributed by atoms with Crippen molar-refractivity contribution in [3.63, 3.8) is 0 Å². The summed E-state index contributed by atoms with van der Waals surface area (Å²) in [5, 5.41) is 7.41. The Morgan fingerprint density at radius 1 is 1.04 bits per heavy atom. The second-order valence-electron chi connectivity index (χ2n) is 4.72. The van der Waals surface area contributed by atoms with E-state index in [-0.39, 0.29) is 18.8 Å². The average molecular weight is 331 g/mol. The lowest BCUT2D eigenvalue weighted by atomic mass is 10.3. The highest BCUT2D eigenvalue weighted by Crippen LogP contribution is 2.16. The van der Waals surface area contributed by atoms with E-state index in [4.69, 9.17) is 9.15 Å². The molecule has 1 aromatic heterocycles. The highest BCUT2D eigenvalue weighted by Gasteiger charge is 2.11. The topological polar surface area (TPSA) is 110 Å². The maximum Gasteiger partial charge on any atom is 0.287 e. The first kappa shape index (κ1) is 17.1. The molecule has 3 N–H and O–H groups in total. The van der Waals surface area contributed by atoms with E-state index in [1.807, 2.05) is 0 Å². The van der Waals surface area contributed by atoms with Gasteiger partial charge in [-0.2, -0.15) is 0 Å². The van der Waals surface area contributed by atoms with Crippen LogP contribution in [0.3, 0.4) is 0 Å². The molecule has 1 heterocycles. The molecule has 0 aliphatic carbocycles. The van der Waals surface area contributed by atoms with Crippen LogP contribution in [0.5, 0.6) is 5.75 Å². The molecule has 3 amide bonds. The van der Waals surface area contributed by atoms with E-state index < -0.39 is 17.7 Å². The SMILES string of the molecule is COc1cccc(NC(=O)CNC(=O)CNC(=O)c2ccco2)c1. The van der Waals surface area contributed by atoms with E-state index in [9.17, 15) is 14.4 Å². The third kappa shape index (κ3) is 5.16. The Morgan fingerprint density at radius 3 is 2.54 bits per heavy atom. The molecule has 1 aromatic carbocycles. The quantitative estimate of drug-likeness (QED) is 0.694. The summed E-state index contributed by atoms with van der Waals surface area (Å²) < 4.78 is 9.94. The minimum Gasteiger partial charge on any atom is -0.497 e. The van der Waals surface area contributed by atoms with E-state index in [1.165, 1.54) is 19.4 Å². The number of nitrogens with one attached hydrogen (secondary N) is 3. The number of anilines is 1. The molecule has 0 aliphatic heterocycles. The maximum atomic E-state index is 11.8. The van der Waals surface area contributed by atoms with E-state index in [0.717, 1.165) is 0 Å². The highest BCUT2D eigenvalue weighted by atomic mass is 16.5. The first-order valence-electron chi connectivity index (χ1n) is 7.11. The van der Waals surface area contributed by atoms with Crippen LogP contribution >= 0.6 is 0 Å². The van der Waals surface area contributed by atoms with E-state index in [1.54, 1.807) is 30.3 Å². The number of methoxy groups -OCH3 is 1. The van der Waals surface area contributed by atoms with E-state index >= 15 is 0 Å². The Morgan fingerprint density at radius 2 is 1.83 bits per heavy atom. The number of hydrogen-bond acceptors (Lipinski definition) is 5. The molecule has 0 atom stereocenters. The van der Waals surface area contributed by atoms with E-state index in [2.05, 4.69) is 16.0 Å². The normalized spacial score (nSPS) is 9.88. The van der Waals surface area contributed by atoms with Crippen molar-refractivity contribution in [2.45, 2.75) is 0 Å². The fraction of sp³-hybridized carbons (Fsp3) is 0.188. The van der Waals surface area contributed by atoms with Crippen molar-refractivity contribution in [1.82, 2.24) is 10.6 Å². The zero-order chi connectivity index (χ0) is 17.4. The molecule has 24 heavy (non-hydrogen) atoms. The van der Waals surface area contributed by atoms with Gasteiger partial charge in [0.1, 0.15) is 5.75 Å². The molecule has 2 aromatic rings. The van der Waals surface area contributed by atoms with Gasteiger partial charge >= 0.3 is 0 Å². The van der Waals surface area contributed by atoms with Gasteiger partial charge < -0.3 is 25.1 Å². The van der Waals surface area contributed by atoms with Gasteiger partial charge in [0.2, 0.25) is 11.8 Å². The fourth-order valence-electron chi connectivity index (χ4n) is 1.80. The average Bonchev–Trinajstić information content (AvgIpc) is 3.12. The Bertz CT molecular complexity index is 712. The van der Waals surface area contributed by atoms with Gasteiger partial charge in [0, 0.05) is 11.8 Å². The second-order valence-corrected chi connectivity index (χ2v) is 4.72. The van der Waals surface area contributed by atoms with Crippen LogP contribution in [0, 0.1) is 0 Å². The third-order valence-electron chi connectivity index (χ3n) is 2.95. The van der Waals surface area contributed by atoms with Crippen LogP contribution in [0.15, 0.2) is 47.1 Å². The Labute approximate surface area is 138 Å². The molecule has 126 valence electrons. The van der Waals surface area contributed by atoms with Crippen molar-refractivity contribution in [2.24, 2.45) is 0 Å². The van der Waals surface area contributed by atoms with Crippen LogP contribution in [0.1, 0.15) is 10.6 Å². The maximum absolute atomic E-state index is 11.8.